The van der Waals surface area contributed by atoms with Crippen molar-refractivity contribution in [3.63, 3.8) is 0 Å². The third-order valence-electron chi connectivity index (χ3n) is 12.3. The van der Waals surface area contributed by atoms with Gasteiger partial charge in [0.15, 0.2) is 24.6 Å². The summed E-state index contributed by atoms with van der Waals surface area (Å²) in [6.45, 7) is 5.93. The first-order valence-electron chi connectivity index (χ1n) is 26.7. The second kappa shape index (κ2) is 42.8. The van der Waals surface area contributed by atoms with E-state index in [1.165, 1.54) is 122 Å². The van der Waals surface area contributed by atoms with Crippen molar-refractivity contribution >= 4 is 23.9 Å². The van der Waals surface area contributed by atoms with E-state index in [2.05, 4.69) is 32.9 Å². The van der Waals surface area contributed by atoms with Gasteiger partial charge in [0.1, 0.15) is 18.8 Å². The molecule has 65 heavy (non-hydrogen) atoms. The first-order chi connectivity index (χ1) is 31.6. The van der Waals surface area contributed by atoms with Crippen LogP contribution in [0.15, 0.2) is 12.2 Å². The second-order valence-electron chi connectivity index (χ2n) is 18.5. The standard InChI is InChI=1S/C53H96O12/c1-4-7-10-13-16-19-20-21-22-23-24-25-26-29-32-35-38-41-47(56)64-51-49(58)48(57)50(52(59)60)65-53(51)62-43-44(63-46(55)40-37-34-31-28-18-15-12-9-6-3)42-61-45(54)39-36-33-30-27-17-14-11-8-5-2/h21-22,44,48-51,53,57-58H,4-20,23-43H2,1-3H3,(H,59,60)/b22-21-. The summed E-state index contributed by atoms with van der Waals surface area (Å²) in [7, 11) is 0. The zero-order chi connectivity index (χ0) is 47.6. The fourth-order valence-corrected chi connectivity index (χ4v) is 8.19. The monoisotopic (exact) mass is 925 g/mol. The van der Waals surface area contributed by atoms with E-state index < -0.39 is 67.3 Å². The molecule has 1 heterocycles. The molecule has 12 heteroatoms. The van der Waals surface area contributed by atoms with Gasteiger partial charge in [0.2, 0.25) is 0 Å². The number of rotatable bonds is 45. The highest BCUT2D eigenvalue weighted by Gasteiger charge is 2.50. The molecule has 6 unspecified atom stereocenters. The number of aliphatic hydroxyl groups is 2. The Morgan fingerprint density at radius 3 is 1.31 bits per heavy atom. The van der Waals surface area contributed by atoms with Gasteiger partial charge in [-0.15, -0.1) is 0 Å². The van der Waals surface area contributed by atoms with Gasteiger partial charge in [-0.3, -0.25) is 14.4 Å². The van der Waals surface area contributed by atoms with E-state index in [-0.39, 0.29) is 25.9 Å². The van der Waals surface area contributed by atoms with Crippen LogP contribution in [-0.2, 0) is 42.9 Å². The first kappa shape index (κ1) is 60.5. The third kappa shape index (κ3) is 33.6. The molecule has 1 saturated heterocycles. The molecule has 1 aliphatic rings. The maximum absolute atomic E-state index is 13.0. The minimum absolute atomic E-state index is 0.0613. The van der Waals surface area contributed by atoms with E-state index in [0.717, 1.165) is 70.6 Å². The van der Waals surface area contributed by atoms with Gasteiger partial charge >= 0.3 is 23.9 Å². The molecule has 0 aromatic carbocycles. The maximum atomic E-state index is 13.0. The van der Waals surface area contributed by atoms with Gasteiger partial charge in [-0.05, 0) is 44.9 Å². The lowest BCUT2D eigenvalue weighted by Crippen LogP contribution is -2.61. The van der Waals surface area contributed by atoms with Crippen LogP contribution in [0.4, 0.5) is 0 Å². The number of carbonyl (C=O) groups excluding carboxylic acids is 3. The Kier molecular flexibility index (Phi) is 39.8. The lowest BCUT2D eigenvalue weighted by atomic mass is 9.98. The Balaban J connectivity index is 2.67. The van der Waals surface area contributed by atoms with E-state index in [1.54, 1.807) is 0 Å². The summed E-state index contributed by atoms with van der Waals surface area (Å²) in [6.07, 6.45) is 32.2. The number of carboxylic acid groups (broad SMARTS) is 1. The minimum Gasteiger partial charge on any atom is -0.479 e. The quantitative estimate of drug-likeness (QED) is 0.0228. The Bertz CT molecular complexity index is 1190. The molecule has 0 amide bonds. The van der Waals surface area contributed by atoms with Crippen molar-refractivity contribution in [3.8, 4) is 0 Å². The number of carboxylic acids is 1. The van der Waals surface area contributed by atoms with Gasteiger partial charge in [-0.1, -0.05) is 200 Å². The molecule has 0 radical (unpaired) electrons. The van der Waals surface area contributed by atoms with Crippen LogP contribution in [0.2, 0.25) is 0 Å². The van der Waals surface area contributed by atoms with Gasteiger partial charge in [0.05, 0.1) is 6.61 Å². The molecule has 6 atom stereocenters. The van der Waals surface area contributed by atoms with Crippen molar-refractivity contribution in [2.75, 3.05) is 13.2 Å². The van der Waals surface area contributed by atoms with Gasteiger partial charge in [0.25, 0.3) is 0 Å². The number of unbranched alkanes of at least 4 members (excludes halogenated alkanes) is 29. The number of hydrogen-bond donors (Lipinski definition) is 3. The molecule has 0 spiro atoms. The number of aliphatic hydroxyl groups excluding tert-OH is 2. The molecule has 0 bridgehead atoms. The highest BCUT2D eigenvalue weighted by atomic mass is 16.7. The molecule has 0 saturated carbocycles. The summed E-state index contributed by atoms with van der Waals surface area (Å²) >= 11 is 0. The summed E-state index contributed by atoms with van der Waals surface area (Å²) < 4.78 is 28.2. The van der Waals surface area contributed by atoms with Crippen LogP contribution < -0.4 is 0 Å². The highest BCUT2D eigenvalue weighted by Crippen LogP contribution is 2.26. The molecule has 3 N–H and O–H groups in total. The van der Waals surface area contributed by atoms with Gasteiger partial charge in [0, 0.05) is 19.3 Å². The summed E-state index contributed by atoms with van der Waals surface area (Å²) in [4.78, 5) is 50.7. The van der Waals surface area contributed by atoms with Crippen molar-refractivity contribution in [2.24, 2.45) is 0 Å². The molecule has 1 fully saturated rings. The molecule has 12 nitrogen and oxygen atoms in total. The Labute approximate surface area is 395 Å². The molecule has 0 aromatic rings. The van der Waals surface area contributed by atoms with E-state index in [0.29, 0.717) is 19.3 Å². The van der Waals surface area contributed by atoms with Crippen molar-refractivity contribution in [2.45, 2.75) is 289 Å². The van der Waals surface area contributed by atoms with E-state index in [9.17, 15) is 34.5 Å². The van der Waals surface area contributed by atoms with Crippen molar-refractivity contribution in [1.82, 2.24) is 0 Å². The molecule has 0 aliphatic carbocycles. The van der Waals surface area contributed by atoms with Crippen molar-refractivity contribution in [3.05, 3.63) is 12.2 Å². The maximum Gasteiger partial charge on any atom is 0.335 e. The van der Waals surface area contributed by atoms with Crippen LogP contribution >= 0.6 is 0 Å². The topological polar surface area (TPSA) is 175 Å². The molecular weight excluding hydrogens is 829 g/mol. The van der Waals surface area contributed by atoms with E-state index >= 15 is 0 Å². The van der Waals surface area contributed by atoms with Crippen molar-refractivity contribution < 1.29 is 58.2 Å². The van der Waals surface area contributed by atoms with E-state index in [4.69, 9.17) is 23.7 Å². The van der Waals surface area contributed by atoms with Crippen LogP contribution in [0.1, 0.15) is 252 Å². The number of ether oxygens (including phenoxy) is 5. The molecule has 0 aromatic heterocycles. The van der Waals surface area contributed by atoms with Gasteiger partial charge < -0.3 is 39.0 Å². The first-order valence-corrected chi connectivity index (χ1v) is 26.7. The zero-order valence-electron chi connectivity index (χ0n) is 41.5. The highest BCUT2D eigenvalue weighted by molar-refractivity contribution is 5.74. The Morgan fingerprint density at radius 1 is 0.492 bits per heavy atom. The Morgan fingerprint density at radius 2 is 0.877 bits per heavy atom. The largest absolute Gasteiger partial charge is 0.479 e. The molecule has 380 valence electrons. The van der Waals surface area contributed by atoms with Crippen molar-refractivity contribution in [1.29, 1.82) is 0 Å². The number of aliphatic carboxylic acids is 1. The summed E-state index contributed by atoms with van der Waals surface area (Å²) in [6, 6.07) is 0. The van der Waals surface area contributed by atoms with Crippen LogP contribution in [0.25, 0.3) is 0 Å². The van der Waals surface area contributed by atoms with E-state index in [1.807, 2.05) is 0 Å². The fraction of sp³-hybridized carbons (Fsp3) is 0.887. The molecule has 1 rings (SSSR count). The molecule has 1 aliphatic heterocycles. The average molecular weight is 925 g/mol. The third-order valence-corrected chi connectivity index (χ3v) is 12.3. The number of esters is 3. The SMILES string of the molecule is CCCCCCCC/C=C\CCCCCCCCCC(=O)OC1C(OCC(COC(=O)CCCCCCCCCCC)OC(=O)CCCCCCCCCCC)OC(C(=O)O)C(O)C1O. The minimum atomic E-state index is -1.90. The van der Waals surface area contributed by atoms with Gasteiger partial charge in [-0.2, -0.15) is 0 Å². The summed E-state index contributed by atoms with van der Waals surface area (Å²) in [5, 5.41) is 31.3. The number of hydrogen-bond acceptors (Lipinski definition) is 11. The average Bonchev–Trinajstić information content (AvgIpc) is 3.29. The summed E-state index contributed by atoms with van der Waals surface area (Å²) in [5.41, 5.74) is 0. The van der Waals surface area contributed by atoms with Gasteiger partial charge in [-0.25, -0.2) is 4.79 Å². The van der Waals surface area contributed by atoms with Crippen LogP contribution in [0.3, 0.4) is 0 Å². The lowest BCUT2D eigenvalue weighted by molar-refractivity contribution is -0.301. The van der Waals surface area contributed by atoms with Crippen LogP contribution in [-0.4, -0.2) is 89.2 Å². The molecular formula is C53H96O12. The number of allylic oxidation sites excluding steroid dienone is 2. The predicted molar refractivity (Wildman–Crippen MR) is 257 cm³/mol. The number of carbonyl (C=O) groups is 4. The second-order valence-corrected chi connectivity index (χ2v) is 18.5. The van der Waals surface area contributed by atoms with Crippen LogP contribution in [0.5, 0.6) is 0 Å². The lowest BCUT2D eigenvalue weighted by Gasteiger charge is -2.40. The van der Waals surface area contributed by atoms with Crippen LogP contribution in [0, 0.1) is 0 Å². The smallest absolute Gasteiger partial charge is 0.335 e. The fourth-order valence-electron chi connectivity index (χ4n) is 8.19. The summed E-state index contributed by atoms with van der Waals surface area (Å²) in [5.74, 6) is -3.10. The predicted octanol–water partition coefficient (Wildman–Crippen LogP) is 12.6. The Hall–Kier alpha value is -2.54. The zero-order valence-corrected chi connectivity index (χ0v) is 41.5. The normalized spacial score (nSPS) is 19.1.